The summed E-state index contributed by atoms with van der Waals surface area (Å²) in [5.74, 6) is 1.80. The molecule has 9 nitrogen and oxygen atoms in total. The number of ether oxygens (including phenoxy) is 2. The SMILES string of the molecule is C=CC(=O)Nc1cccc(C)c1Nc1cc2c(NC3CN(C)C3)nc(-c3c(Cl)c(OC)cc(OC)c3Cl)cc2cn1. The highest BCUT2D eigenvalue weighted by Crippen LogP contribution is 2.46. The maximum absolute atomic E-state index is 12.0. The van der Waals surface area contributed by atoms with Crippen LogP contribution in [0.4, 0.5) is 23.0 Å². The molecule has 41 heavy (non-hydrogen) atoms. The van der Waals surface area contributed by atoms with E-state index in [-0.39, 0.29) is 11.9 Å². The zero-order valence-electron chi connectivity index (χ0n) is 23.1. The highest BCUT2D eigenvalue weighted by Gasteiger charge is 2.26. The van der Waals surface area contributed by atoms with Gasteiger partial charge in [-0.05, 0) is 43.8 Å². The Kier molecular flexibility index (Phi) is 8.21. The first kappa shape index (κ1) is 28.5. The van der Waals surface area contributed by atoms with E-state index in [4.69, 9.17) is 37.7 Å². The number of methoxy groups -OCH3 is 2. The van der Waals surface area contributed by atoms with Crippen LogP contribution in [0.2, 0.25) is 10.0 Å². The first-order valence-corrected chi connectivity index (χ1v) is 13.6. The summed E-state index contributed by atoms with van der Waals surface area (Å²) in [4.78, 5) is 23.9. The normalized spacial score (nSPS) is 13.4. The maximum atomic E-state index is 12.0. The van der Waals surface area contributed by atoms with E-state index in [1.165, 1.54) is 20.3 Å². The van der Waals surface area contributed by atoms with Crippen LogP contribution in [-0.2, 0) is 4.79 Å². The summed E-state index contributed by atoms with van der Waals surface area (Å²) >= 11 is 13.5. The van der Waals surface area contributed by atoms with Crippen LogP contribution in [0.15, 0.2) is 55.3 Å². The topological polar surface area (TPSA) is 101 Å². The van der Waals surface area contributed by atoms with E-state index in [0.29, 0.717) is 50.1 Å². The quantitative estimate of drug-likeness (QED) is 0.189. The van der Waals surface area contributed by atoms with E-state index in [1.807, 2.05) is 37.3 Å². The zero-order valence-corrected chi connectivity index (χ0v) is 24.7. The van der Waals surface area contributed by atoms with Crippen LogP contribution in [0.25, 0.3) is 22.0 Å². The number of likely N-dealkylation sites (tertiary alicyclic amines) is 1. The van der Waals surface area contributed by atoms with Gasteiger partial charge in [-0.25, -0.2) is 9.97 Å². The lowest BCUT2D eigenvalue weighted by Gasteiger charge is -2.37. The largest absolute Gasteiger partial charge is 0.495 e. The van der Waals surface area contributed by atoms with E-state index in [2.05, 4.69) is 39.5 Å². The molecule has 2 aromatic heterocycles. The Morgan fingerprint density at radius 1 is 1.12 bits per heavy atom. The molecule has 5 rings (SSSR count). The van der Waals surface area contributed by atoms with Crippen molar-refractivity contribution in [1.82, 2.24) is 14.9 Å². The van der Waals surface area contributed by atoms with Crippen LogP contribution in [0.5, 0.6) is 11.5 Å². The number of hydrogen-bond donors (Lipinski definition) is 3. The number of amides is 1. The molecular formula is C30H30Cl2N6O3. The standard InChI is InChI=1S/C30H30Cl2N6O3/c1-6-25(39)35-20-9-7-8-16(2)29(20)37-24-11-19-17(13-33-24)10-21(36-30(19)34-18-14-38(3)15-18)26-27(31)22(40-4)12-23(41-5)28(26)32/h6-13,18H,1,14-15H2,2-5H3,(H,33,37)(H,34,36)(H,35,39). The number of carbonyl (C=O) groups is 1. The Hall–Kier alpha value is -4.05. The predicted octanol–water partition coefficient (Wildman–Crippen LogP) is 6.52. The summed E-state index contributed by atoms with van der Waals surface area (Å²) in [6.45, 7) is 7.26. The summed E-state index contributed by atoms with van der Waals surface area (Å²) in [7, 11) is 5.14. The number of likely N-dealkylation sites (N-methyl/N-ethyl adjacent to an activating group) is 1. The Bertz CT molecular complexity index is 1630. The predicted molar refractivity (Wildman–Crippen MR) is 166 cm³/mol. The van der Waals surface area contributed by atoms with E-state index < -0.39 is 0 Å². The fourth-order valence-electron chi connectivity index (χ4n) is 4.80. The molecule has 0 radical (unpaired) electrons. The van der Waals surface area contributed by atoms with E-state index in [9.17, 15) is 4.79 Å². The van der Waals surface area contributed by atoms with Crippen molar-refractivity contribution in [2.45, 2.75) is 13.0 Å². The molecule has 1 fully saturated rings. The third-order valence-electron chi connectivity index (χ3n) is 6.92. The van der Waals surface area contributed by atoms with E-state index in [0.717, 1.165) is 35.1 Å². The number of benzene rings is 2. The molecule has 0 atom stereocenters. The van der Waals surface area contributed by atoms with Crippen molar-refractivity contribution in [3.05, 3.63) is 70.9 Å². The van der Waals surface area contributed by atoms with E-state index in [1.54, 1.807) is 12.3 Å². The Balaban J connectivity index is 1.62. The van der Waals surface area contributed by atoms with Gasteiger partial charge in [-0.15, -0.1) is 0 Å². The minimum Gasteiger partial charge on any atom is -0.495 e. The molecule has 1 saturated heterocycles. The van der Waals surface area contributed by atoms with Gasteiger partial charge in [0.25, 0.3) is 0 Å². The molecule has 1 aliphatic rings. The van der Waals surface area contributed by atoms with Gasteiger partial charge in [-0.1, -0.05) is 41.9 Å². The molecule has 212 valence electrons. The minimum atomic E-state index is -0.301. The second kappa shape index (κ2) is 11.8. The van der Waals surface area contributed by atoms with Crippen LogP contribution < -0.4 is 25.4 Å². The number of anilines is 4. The average Bonchev–Trinajstić information content (AvgIpc) is 2.94. The fraction of sp³-hybridized carbons (Fsp3) is 0.233. The fourth-order valence-corrected chi connectivity index (χ4v) is 5.49. The number of para-hydroxylation sites is 1. The average molecular weight is 594 g/mol. The molecule has 1 aliphatic heterocycles. The van der Waals surface area contributed by atoms with Gasteiger partial charge in [0, 0.05) is 41.7 Å². The number of pyridine rings is 2. The highest BCUT2D eigenvalue weighted by molar-refractivity contribution is 6.41. The van der Waals surface area contributed by atoms with Crippen molar-refractivity contribution in [2.24, 2.45) is 0 Å². The molecule has 0 bridgehead atoms. The van der Waals surface area contributed by atoms with Crippen molar-refractivity contribution < 1.29 is 14.3 Å². The molecule has 0 unspecified atom stereocenters. The first-order valence-electron chi connectivity index (χ1n) is 12.9. The lowest BCUT2D eigenvalue weighted by molar-refractivity contribution is -0.111. The summed E-state index contributed by atoms with van der Waals surface area (Å²) in [5.41, 5.74) is 3.35. The van der Waals surface area contributed by atoms with E-state index >= 15 is 0 Å². The Morgan fingerprint density at radius 2 is 1.83 bits per heavy atom. The van der Waals surface area contributed by atoms with Crippen molar-refractivity contribution in [3.63, 3.8) is 0 Å². The Labute approximate surface area is 248 Å². The number of fused-ring (bicyclic) bond motifs is 1. The molecule has 4 aromatic rings. The zero-order chi connectivity index (χ0) is 29.3. The summed E-state index contributed by atoms with van der Waals surface area (Å²) in [6.07, 6.45) is 3.00. The smallest absolute Gasteiger partial charge is 0.247 e. The summed E-state index contributed by atoms with van der Waals surface area (Å²) < 4.78 is 11.0. The highest BCUT2D eigenvalue weighted by atomic mass is 35.5. The van der Waals surface area contributed by atoms with Gasteiger partial charge in [0.15, 0.2) is 0 Å². The molecule has 3 heterocycles. The van der Waals surface area contributed by atoms with Crippen molar-refractivity contribution >= 4 is 62.9 Å². The third-order valence-corrected chi connectivity index (χ3v) is 7.67. The number of carbonyl (C=O) groups excluding carboxylic acids is 1. The lowest BCUT2D eigenvalue weighted by Crippen LogP contribution is -2.52. The number of halogens is 2. The van der Waals surface area contributed by atoms with Gasteiger partial charge in [0.05, 0.1) is 47.4 Å². The van der Waals surface area contributed by atoms with Gasteiger partial charge in [0.1, 0.15) is 23.1 Å². The van der Waals surface area contributed by atoms with Crippen LogP contribution in [0.3, 0.4) is 0 Å². The van der Waals surface area contributed by atoms with Crippen LogP contribution >= 0.6 is 23.2 Å². The second-order valence-corrected chi connectivity index (χ2v) is 10.6. The lowest BCUT2D eigenvalue weighted by atomic mass is 10.1. The molecule has 1 amide bonds. The van der Waals surface area contributed by atoms with Gasteiger partial charge >= 0.3 is 0 Å². The van der Waals surface area contributed by atoms with Crippen LogP contribution in [-0.4, -0.2) is 61.2 Å². The number of aryl methyl sites for hydroxylation is 1. The van der Waals surface area contributed by atoms with Gasteiger partial charge in [-0.3, -0.25) is 4.79 Å². The molecule has 0 saturated carbocycles. The molecule has 0 aliphatic carbocycles. The van der Waals surface area contributed by atoms with Gasteiger partial charge < -0.3 is 30.3 Å². The number of aromatic nitrogens is 2. The number of hydrogen-bond acceptors (Lipinski definition) is 8. The summed E-state index contributed by atoms with van der Waals surface area (Å²) in [6, 6.07) is 11.3. The molecule has 0 spiro atoms. The Morgan fingerprint density at radius 3 is 2.46 bits per heavy atom. The molecule has 2 aromatic carbocycles. The van der Waals surface area contributed by atoms with Crippen molar-refractivity contribution in [3.8, 4) is 22.8 Å². The molecule has 3 N–H and O–H groups in total. The monoisotopic (exact) mass is 592 g/mol. The minimum absolute atomic E-state index is 0.221. The number of nitrogens with zero attached hydrogens (tertiary/aromatic N) is 3. The molecule has 11 heteroatoms. The summed E-state index contributed by atoms with van der Waals surface area (Å²) in [5, 5.41) is 12.2. The third kappa shape index (κ3) is 5.74. The molecular weight excluding hydrogens is 563 g/mol. The van der Waals surface area contributed by atoms with Crippen molar-refractivity contribution in [1.29, 1.82) is 0 Å². The van der Waals surface area contributed by atoms with Gasteiger partial charge in [-0.2, -0.15) is 0 Å². The maximum Gasteiger partial charge on any atom is 0.247 e. The first-order chi connectivity index (χ1) is 19.7. The van der Waals surface area contributed by atoms with Crippen LogP contribution in [0.1, 0.15) is 5.56 Å². The van der Waals surface area contributed by atoms with Crippen LogP contribution in [0, 0.1) is 6.92 Å². The second-order valence-electron chi connectivity index (χ2n) is 9.81. The van der Waals surface area contributed by atoms with Gasteiger partial charge in [0.2, 0.25) is 5.91 Å². The number of nitrogens with one attached hydrogen (secondary N) is 3. The number of rotatable bonds is 9. The van der Waals surface area contributed by atoms with Crippen molar-refractivity contribution in [2.75, 3.05) is 50.3 Å².